The molecule has 5 nitrogen and oxygen atoms in total. The summed E-state index contributed by atoms with van der Waals surface area (Å²) in [6, 6.07) is -0.936. The van der Waals surface area contributed by atoms with E-state index in [0.717, 1.165) is 0 Å². The molecule has 0 unspecified atom stereocenters. The number of hydrogen-bond acceptors (Lipinski definition) is 3. The molecule has 0 radical (unpaired) electrons. The average Bonchev–Trinajstić information content (AvgIpc) is 2.03. The second-order valence-corrected chi connectivity index (χ2v) is 3.51. The topological polar surface area (TPSA) is 86.6 Å². The number of nitrogens with one attached hydrogen (secondary N) is 1. The van der Waals surface area contributed by atoms with Crippen molar-refractivity contribution in [3.63, 3.8) is 0 Å². The van der Waals surface area contributed by atoms with Crippen molar-refractivity contribution in [1.82, 2.24) is 5.32 Å². The van der Waals surface area contributed by atoms with Crippen molar-refractivity contribution < 1.29 is 19.8 Å². The van der Waals surface area contributed by atoms with E-state index in [1.807, 2.05) is 6.92 Å². The fraction of sp³-hybridized carbons (Fsp3) is 0.750. The van der Waals surface area contributed by atoms with Crippen LogP contribution < -0.4 is 5.32 Å². The smallest absolute Gasteiger partial charge is 0.321 e. The van der Waals surface area contributed by atoms with Crippen molar-refractivity contribution in [2.24, 2.45) is 11.8 Å². The molecular weight excluding hydrogens is 174 g/mol. The molecule has 1 heterocycles. The van der Waals surface area contributed by atoms with Gasteiger partial charge in [0, 0.05) is 0 Å². The zero-order chi connectivity index (χ0) is 10.0. The number of carbonyl (C=O) groups is 2. The predicted octanol–water partition coefficient (Wildman–Crippen LogP) is -0.230. The normalized spacial score (nSPS) is 34.1. The van der Waals surface area contributed by atoms with Crippen LogP contribution in [0.3, 0.4) is 0 Å². The lowest BCUT2D eigenvalue weighted by Gasteiger charge is -2.30. The van der Waals surface area contributed by atoms with E-state index in [0.29, 0.717) is 13.0 Å². The largest absolute Gasteiger partial charge is 0.481 e. The lowest BCUT2D eigenvalue weighted by molar-refractivity contribution is -0.153. The van der Waals surface area contributed by atoms with E-state index in [-0.39, 0.29) is 5.92 Å². The molecule has 3 N–H and O–H groups in total. The second kappa shape index (κ2) is 3.74. The summed E-state index contributed by atoms with van der Waals surface area (Å²) >= 11 is 0. The third-order valence-corrected chi connectivity index (χ3v) is 2.33. The molecule has 0 amide bonds. The summed E-state index contributed by atoms with van der Waals surface area (Å²) in [4.78, 5) is 21.4. The van der Waals surface area contributed by atoms with Crippen molar-refractivity contribution in [1.29, 1.82) is 0 Å². The third-order valence-electron chi connectivity index (χ3n) is 2.33. The number of rotatable bonds is 2. The van der Waals surface area contributed by atoms with Crippen LogP contribution in [0, 0.1) is 11.8 Å². The summed E-state index contributed by atoms with van der Waals surface area (Å²) in [6.07, 6.45) is 0.430. The molecule has 0 aliphatic carbocycles. The van der Waals surface area contributed by atoms with Gasteiger partial charge in [0.15, 0.2) is 0 Å². The summed E-state index contributed by atoms with van der Waals surface area (Å²) in [5, 5.41) is 20.2. The molecule has 13 heavy (non-hydrogen) atoms. The van der Waals surface area contributed by atoms with Gasteiger partial charge in [0.25, 0.3) is 0 Å². The van der Waals surface area contributed by atoms with Crippen LogP contribution in [0.15, 0.2) is 0 Å². The van der Waals surface area contributed by atoms with Gasteiger partial charge in [-0.2, -0.15) is 0 Å². The van der Waals surface area contributed by atoms with Crippen molar-refractivity contribution >= 4 is 11.9 Å². The Morgan fingerprint density at radius 3 is 2.38 bits per heavy atom. The molecule has 0 saturated carbocycles. The number of hydrogen-bond donors (Lipinski definition) is 3. The maximum atomic E-state index is 10.7. The first-order chi connectivity index (χ1) is 6.02. The van der Waals surface area contributed by atoms with Crippen LogP contribution in [0.1, 0.15) is 13.3 Å². The Hall–Kier alpha value is -1.10. The van der Waals surface area contributed by atoms with E-state index < -0.39 is 23.9 Å². The van der Waals surface area contributed by atoms with Gasteiger partial charge in [0.2, 0.25) is 0 Å². The van der Waals surface area contributed by atoms with E-state index >= 15 is 0 Å². The van der Waals surface area contributed by atoms with Gasteiger partial charge in [-0.1, -0.05) is 6.92 Å². The Labute approximate surface area is 75.7 Å². The van der Waals surface area contributed by atoms with Gasteiger partial charge < -0.3 is 15.5 Å². The highest BCUT2D eigenvalue weighted by atomic mass is 16.4. The fourth-order valence-corrected chi connectivity index (χ4v) is 1.63. The Balaban J connectivity index is 2.72. The average molecular weight is 187 g/mol. The first-order valence-electron chi connectivity index (χ1n) is 4.21. The SMILES string of the molecule is C[C@@H]1CN[C@@H](C(=O)O)[C@@H](C(=O)O)C1. The van der Waals surface area contributed by atoms with Crippen molar-refractivity contribution in [3.8, 4) is 0 Å². The lowest BCUT2D eigenvalue weighted by Crippen LogP contribution is -2.52. The van der Waals surface area contributed by atoms with Gasteiger partial charge >= 0.3 is 11.9 Å². The number of carboxylic acid groups (broad SMARTS) is 2. The van der Waals surface area contributed by atoms with Gasteiger partial charge in [-0.15, -0.1) is 0 Å². The van der Waals surface area contributed by atoms with Gasteiger partial charge in [0.05, 0.1) is 5.92 Å². The number of aliphatic carboxylic acids is 2. The molecule has 1 aliphatic heterocycles. The van der Waals surface area contributed by atoms with Crippen LogP contribution in [0.2, 0.25) is 0 Å². The van der Waals surface area contributed by atoms with Gasteiger partial charge in [0.1, 0.15) is 6.04 Å². The Morgan fingerprint density at radius 1 is 1.31 bits per heavy atom. The van der Waals surface area contributed by atoms with E-state index in [1.165, 1.54) is 0 Å². The van der Waals surface area contributed by atoms with Crippen LogP contribution in [-0.2, 0) is 9.59 Å². The summed E-state index contributed by atoms with van der Waals surface area (Å²) in [7, 11) is 0. The van der Waals surface area contributed by atoms with Crippen LogP contribution >= 0.6 is 0 Å². The lowest BCUT2D eigenvalue weighted by atomic mass is 9.85. The number of carboxylic acids is 2. The monoisotopic (exact) mass is 187 g/mol. The van der Waals surface area contributed by atoms with Crippen LogP contribution in [0.5, 0.6) is 0 Å². The van der Waals surface area contributed by atoms with E-state index in [2.05, 4.69) is 5.32 Å². The highest BCUT2D eigenvalue weighted by Gasteiger charge is 2.37. The Kier molecular flexibility index (Phi) is 2.87. The molecule has 1 rings (SSSR count). The zero-order valence-electron chi connectivity index (χ0n) is 7.36. The maximum Gasteiger partial charge on any atom is 0.321 e. The molecule has 1 saturated heterocycles. The van der Waals surface area contributed by atoms with Crippen LogP contribution in [0.4, 0.5) is 0 Å². The molecule has 5 heteroatoms. The van der Waals surface area contributed by atoms with Crippen molar-refractivity contribution in [3.05, 3.63) is 0 Å². The minimum atomic E-state index is -1.08. The third kappa shape index (κ3) is 2.18. The molecule has 0 aromatic carbocycles. The minimum Gasteiger partial charge on any atom is -0.481 e. The Bertz CT molecular complexity index is 228. The zero-order valence-corrected chi connectivity index (χ0v) is 7.36. The summed E-state index contributed by atoms with van der Waals surface area (Å²) in [6.45, 7) is 2.47. The second-order valence-electron chi connectivity index (χ2n) is 3.51. The molecule has 1 fully saturated rings. The molecule has 1 aliphatic rings. The molecule has 0 spiro atoms. The first-order valence-corrected chi connectivity index (χ1v) is 4.21. The van der Waals surface area contributed by atoms with E-state index in [4.69, 9.17) is 10.2 Å². The highest BCUT2D eigenvalue weighted by molar-refractivity contribution is 5.82. The summed E-state index contributed by atoms with van der Waals surface area (Å²) in [5.74, 6) is -2.70. The van der Waals surface area contributed by atoms with Gasteiger partial charge in [-0.3, -0.25) is 9.59 Å². The van der Waals surface area contributed by atoms with Crippen LogP contribution in [0.25, 0.3) is 0 Å². The van der Waals surface area contributed by atoms with E-state index in [1.54, 1.807) is 0 Å². The maximum absolute atomic E-state index is 10.7. The molecule has 74 valence electrons. The number of piperidine rings is 1. The molecule has 0 aromatic rings. The minimum absolute atomic E-state index is 0.219. The Morgan fingerprint density at radius 2 is 1.92 bits per heavy atom. The highest BCUT2D eigenvalue weighted by Crippen LogP contribution is 2.21. The van der Waals surface area contributed by atoms with Gasteiger partial charge in [-0.05, 0) is 18.9 Å². The molecule has 0 aromatic heterocycles. The predicted molar refractivity (Wildman–Crippen MR) is 44.3 cm³/mol. The quantitative estimate of drug-likeness (QED) is 0.556. The van der Waals surface area contributed by atoms with Crippen molar-refractivity contribution in [2.75, 3.05) is 6.54 Å². The summed E-state index contributed by atoms with van der Waals surface area (Å²) in [5.41, 5.74) is 0. The molecule has 3 atom stereocenters. The molecular formula is C8H13NO4. The summed E-state index contributed by atoms with van der Waals surface area (Å²) < 4.78 is 0. The van der Waals surface area contributed by atoms with Gasteiger partial charge in [-0.25, -0.2) is 0 Å². The van der Waals surface area contributed by atoms with Crippen molar-refractivity contribution in [2.45, 2.75) is 19.4 Å². The molecule has 0 bridgehead atoms. The fourth-order valence-electron chi connectivity index (χ4n) is 1.63. The van der Waals surface area contributed by atoms with E-state index in [9.17, 15) is 9.59 Å². The first kappa shape index (κ1) is 9.98. The standard InChI is InChI=1S/C8H13NO4/c1-4-2-5(7(10)11)6(8(12)13)9-3-4/h4-6,9H,2-3H2,1H3,(H,10,11)(H,12,13)/t4-,5-,6+/m0/s1. The van der Waals surface area contributed by atoms with Crippen LogP contribution in [-0.4, -0.2) is 34.7 Å².